The number of fused-ring (bicyclic) bond motifs is 1. The first-order chi connectivity index (χ1) is 13.8. The third kappa shape index (κ3) is 3.91. The maximum Gasteiger partial charge on any atom is 0.243 e. The van der Waals surface area contributed by atoms with Crippen molar-refractivity contribution in [3.8, 4) is 0 Å². The summed E-state index contributed by atoms with van der Waals surface area (Å²) in [5, 5.41) is 2.14. The molecule has 4 rings (SSSR count). The van der Waals surface area contributed by atoms with E-state index in [0.717, 1.165) is 10.8 Å². The van der Waals surface area contributed by atoms with Crippen LogP contribution in [0.3, 0.4) is 0 Å². The zero-order valence-electron chi connectivity index (χ0n) is 15.4. The van der Waals surface area contributed by atoms with Crippen molar-refractivity contribution >= 4 is 42.4 Å². The summed E-state index contributed by atoms with van der Waals surface area (Å²) < 4.78 is 54.3. The van der Waals surface area contributed by atoms with Gasteiger partial charge in [-0.2, -0.15) is 8.61 Å². The average molecular weight is 451 g/mol. The number of piperazine rings is 1. The number of halogens is 1. The molecule has 0 amide bonds. The highest BCUT2D eigenvalue weighted by Gasteiger charge is 2.33. The van der Waals surface area contributed by atoms with E-state index in [1.54, 1.807) is 30.3 Å². The molecule has 3 aromatic carbocycles. The van der Waals surface area contributed by atoms with Gasteiger partial charge >= 0.3 is 0 Å². The second-order valence-corrected chi connectivity index (χ2v) is 11.1. The molecule has 6 nitrogen and oxygen atoms in total. The van der Waals surface area contributed by atoms with Gasteiger partial charge in [0.05, 0.1) is 9.79 Å². The number of benzene rings is 3. The van der Waals surface area contributed by atoms with E-state index < -0.39 is 20.0 Å². The van der Waals surface area contributed by atoms with Crippen molar-refractivity contribution in [3.63, 3.8) is 0 Å². The summed E-state index contributed by atoms with van der Waals surface area (Å²) in [7, 11) is -7.42. The molecular formula is C20H19ClN2O4S2. The molecule has 0 aliphatic carbocycles. The quantitative estimate of drug-likeness (QED) is 0.611. The van der Waals surface area contributed by atoms with Gasteiger partial charge in [-0.15, -0.1) is 0 Å². The van der Waals surface area contributed by atoms with Crippen LogP contribution in [0.5, 0.6) is 0 Å². The fourth-order valence-corrected chi connectivity index (χ4v) is 6.59. The smallest absolute Gasteiger partial charge is 0.207 e. The number of hydrogen-bond acceptors (Lipinski definition) is 4. The lowest BCUT2D eigenvalue weighted by Crippen LogP contribution is -2.50. The molecule has 1 aliphatic rings. The van der Waals surface area contributed by atoms with E-state index in [2.05, 4.69) is 0 Å². The maximum atomic E-state index is 13.0. The highest BCUT2D eigenvalue weighted by Crippen LogP contribution is 2.25. The molecule has 0 bridgehead atoms. The van der Waals surface area contributed by atoms with E-state index in [0.29, 0.717) is 5.02 Å². The van der Waals surface area contributed by atoms with E-state index in [9.17, 15) is 16.8 Å². The predicted molar refractivity (Wildman–Crippen MR) is 113 cm³/mol. The largest absolute Gasteiger partial charge is 0.243 e. The highest BCUT2D eigenvalue weighted by molar-refractivity contribution is 7.89. The Labute approximate surface area is 175 Å². The molecule has 9 heteroatoms. The zero-order valence-corrected chi connectivity index (χ0v) is 17.8. The summed E-state index contributed by atoms with van der Waals surface area (Å²) in [6.45, 7) is 0.354. The summed E-state index contributed by atoms with van der Waals surface area (Å²) in [6, 6.07) is 18.6. The zero-order chi connectivity index (χ0) is 20.6. The van der Waals surface area contributed by atoms with Crippen LogP contribution in [0.1, 0.15) is 0 Å². The maximum absolute atomic E-state index is 13.0. The Kier molecular flexibility index (Phi) is 5.39. The van der Waals surface area contributed by atoms with Crippen LogP contribution in [0.4, 0.5) is 0 Å². The lowest BCUT2D eigenvalue weighted by molar-refractivity contribution is 0.273. The molecule has 0 saturated carbocycles. The number of sulfonamides is 2. The molecule has 1 heterocycles. The topological polar surface area (TPSA) is 74.8 Å². The van der Waals surface area contributed by atoms with Crippen molar-refractivity contribution in [2.24, 2.45) is 0 Å². The predicted octanol–water partition coefficient (Wildman–Crippen LogP) is 3.19. The minimum atomic E-state index is -3.72. The molecule has 29 heavy (non-hydrogen) atoms. The Morgan fingerprint density at radius 2 is 1.17 bits per heavy atom. The normalized spacial score (nSPS) is 16.9. The van der Waals surface area contributed by atoms with Gasteiger partial charge in [-0.05, 0) is 41.1 Å². The van der Waals surface area contributed by atoms with Crippen LogP contribution < -0.4 is 0 Å². The fourth-order valence-electron chi connectivity index (χ4n) is 3.40. The lowest BCUT2D eigenvalue weighted by atomic mass is 10.1. The highest BCUT2D eigenvalue weighted by atomic mass is 35.5. The molecule has 0 aromatic heterocycles. The first kappa shape index (κ1) is 20.3. The van der Waals surface area contributed by atoms with Crippen LogP contribution in [-0.4, -0.2) is 51.6 Å². The molecule has 0 spiro atoms. The summed E-state index contributed by atoms with van der Waals surface area (Å²) in [5.41, 5.74) is 0. The van der Waals surface area contributed by atoms with E-state index in [-0.39, 0.29) is 36.0 Å². The molecule has 0 radical (unpaired) electrons. The van der Waals surface area contributed by atoms with Gasteiger partial charge in [0.15, 0.2) is 0 Å². The molecular weight excluding hydrogens is 432 g/mol. The van der Waals surface area contributed by atoms with E-state index >= 15 is 0 Å². The first-order valence-corrected chi connectivity index (χ1v) is 12.3. The van der Waals surface area contributed by atoms with Crippen molar-refractivity contribution in [1.82, 2.24) is 8.61 Å². The van der Waals surface area contributed by atoms with E-state index in [4.69, 9.17) is 11.6 Å². The second-order valence-electron chi connectivity index (χ2n) is 6.77. The summed E-state index contributed by atoms with van der Waals surface area (Å²) in [5.74, 6) is 0. The molecule has 3 aromatic rings. The molecule has 0 N–H and O–H groups in total. The van der Waals surface area contributed by atoms with Crippen molar-refractivity contribution in [2.75, 3.05) is 26.2 Å². The minimum absolute atomic E-state index is 0.0850. The Hall–Kier alpha value is -1.97. The standard InChI is InChI=1S/C20H19ClN2O4S2/c21-18-6-3-7-19(15-18)28(24,25)22-10-12-23(13-11-22)29(26,27)20-9-8-16-4-1-2-5-17(16)14-20/h1-9,14-15H,10-13H2. The monoisotopic (exact) mass is 450 g/mol. The van der Waals surface area contributed by atoms with Crippen molar-refractivity contribution in [1.29, 1.82) is 0 Å². The van der Waals surface area contributed by atoms with Gasteiger partial charge in [-0.25, -0.2) is 16.8 Å². The SMILES string of the molecule is O=S(=O)(c1cccc(Cl)c1)N1CCN(S(=O)(=O)c2ccc3ccccc3c2)CC1. The summed E-state index contributed by atoms with van der Waals surface area (Å²) in [4.78, 5) is 0.318. The minimum Gasteiger partial charge on any atom is -0.207 e. The second kappa shape index (κ2) is 7.70. The van der Waals surface area contributed by atoms with Crippen LogP contribution in [0, 0.1) is 0 Å². The van der Waals surface area contributed by atoms with Crippen LogP contribution in [0.25, 0.3) is 10.8 Å². The molecule has 1 aliphatic heterocycles. The van der Waals surface area contributed by atoms with Crippen LogP contribution in [0.2, 0.25) is 5.02 Å². The summed E-state index contributed by atoms with van der Waals surface area (Å²) >= 11 is 5.91. The Balaban J connectivity index is 1.54. The van der Waals surface area contributed by atoms with Gasteiger partial charge in [-0.3, -0.25) is 0 Å². The lowest BCUT2D eigenvalue weighted by Gasteiger charge is -2.33. The molecule has 1 fully saturated rings. The van der Waals surface area contributed by atoms with Gasteiger partial charge in [0.2, 0.25) is 20.0 Å². The third-order valence-electron chi connectivity index (χ3n) is 4.99. The third-order valence-corrected chi connectivity index (χ3v) is 9.01. The summed E-state index contributed by atoms with van der Waals surface area (Å²) in [6.07, 6.45) is 0. The Bertz CT molecular complexity index is 1270. The van der Waals surface area contributed by atoms with E-state index in [1.165, 1.54) is 20.7 Å². The average Bonchev–Trinajstić information content (AvgIpc) is 2.73. The Morgan fingerprint density at radius 3 is 1.76 bits per heavy atom. The number of rotatable bonds is 4. The number of nitrogens with zero attached hydrogens (tertiary/aromatic N) is 2. The molecule has 0 unspecified atom stereocenters. The van der Waals surface area contributed by atoms with Crippen LogP contribution >= 0.6 is 11.6 Å². The van der Waals surface area contributed by atoms with Crippen LogP contribution in [0.15, 0.2) is 76.5 Å². The fraction of sp³-hybridized carbons (Fsp3) is 0.200. The van der Waals surface area contributed by atoms with Gasteiger partial charge in [0.25, 0.3) is 0 Å². The van der Waals surface area contributed by atoms with Crippen molar-refractivity contribution < 1.29 is 16.8 Å². The molecule has 1 saturated heterocycles. The molecule has 152 valence electrons. The van der Waals surface area contributed by atoms with Crippen molar-refractivity contribution in [3.05, 3.63) is 71.8 Å². The molecule has 0 atom stereocenters. The van der Waals surface area contributed by atoms with Gasteiger partial charge < -0.3 is 0 Å². The van der Waals surface area contributed by atoms with Gasteiger partial charge in [-0.1, -0.05) is 48.0 Å². The Morgan fingerprint density at radius 1 is 0.621 bits per heavy atom. The number of hydrogen-bond donors (Lipinski definition) is 0. The van der Waals surface area contributed by atoms with E-state index in [1.807, 2.05) is 24.3 Å². The van der Waals surface area contributed by atoms with Gasteiger partial charge in [0, 0.05) is 31.2 Å². The van der Waals surface area contributed by atoms with Crippen LogP contribution in [-0.2, 0) is 20.0 Å². The van der Waals surface area contributed by atoms with Crippen molar-refractivity contribution in [2.45, 2.75) is 9.79 Å². The first-order valence-electron chi connectivity index (χ1n) is 9.03. The van der Waals surface area contributed by atoms with Gasteiger partial charge in [0.1, 0.15) is 0 Å².